The van der Waals surface area contributed by atoms with Gasteiger partial charge >= 0.3 is 6.18 Å². The van der Waals surface area contributed by atoms with Gasteiger partial charge in [-0.05, 0) is 12.1 Å². The number of benzene rings is 1. The molecule has 0 spiro atoms. The molecule has 23 heavy (non-hydrogen) atoms. The maximum atomic E-state index is 12.6. The minimum absolute atomic E-state index is 0.0427. The average molecular weight is 346 g/mol. The van der Waals surface area contributed by atoms with Crippen molar-refractivity contribution in [2.45, 2.75) is 19.1 Å². The lowest BCUT2D eigenvalue weighted by Gasteiger charge is -2.24. The first-order valence-corrected chi connectivity index (χ1v) is 8.18. The Morgan fingerprint density at radius 3 is 2.43 bits per heavy atom. The van der Waals surface area contributed by atoms with Crippen LogP contribution >= 0.6 is 0 Å². The van der Waals surface area contributed by atoms with E-state index in [1.54, 1.807) is 0 Å². The minimum atomic E-state index is -4.41. The molecule has 6 nitrogen and oxygen atoms in total. The van der Waals surface area contributed by atoms with Crippen molar-refractivity contribution >= 4 is 10.2 Å². The van der Waals surface area contributed by atoms with Crippen LogP contribution in [0.2, 0.25) is 0 Å². The fraction of sp³-hybridized carbons (Fsp3) is 0.308. The average Bonchev–Trinajstić information content (AvgIpc) is 2.88. The molecule has 3 rings (SSSR count). The number of alkyl halides is 3. The van der Waals surface area contributed by atoms with Crippen LogP contribution in [0.15, 0.2) is 24.3 Å². The van der Waals surface area contributed by atoms with Crippen LogP contribution in [0, 0.1) is 0 Å². The van der Waals surface area contributed by atoms with E-state index in [9.17, 15) is 21.6 Å². The third-order valence-electron chi connectivity index (χ3n) is 3.74. The molecule has 1 aliphatic heterocycles. The molecule has 0 aliphatic carbocycles. The van der Waals surface area contributed by atoms with E-state index in [1.807, 2.05) is 0 Å². The number of nitrogens with two attached hydrogens (primary N) is 1. The van der Waals surface area contributed by atoms with Gasteiger partial charge in [-0.25, -0.2) is 5.14 Å². The molecule has 0 atom stereocenters. The van der Waals surface area contributed by atoms with E-state index in [1.165, 1.54) is 12.1 Å². The second-order valence-corrected chi connectivity index (χ2v) is 6.78. The number of aromatic amines is 1. The van der Waals surface area contributed by atoms with E-state index in [4.69, 9.17) is 5.14 Å². The third kappa shape index (κ3) is 3.09. The van der Waals surface area contributed by atoms with Crippen molar-refractivity contribution in [2.24, 2.45) is 5.14 Å². The van der Waals surface area contributed by atoms with Gasteiger partial charge in [-0.3, -0.25) is 5.10 Å². The number of fused-ring (bicyclic) bond motifs is 1. The second kappa shape index (κ2) is 5.32. The third-order valence-corrected chi connectivity index (χ3v) is 4.78. The second-order valence-electron chi connectivity index (χ2n) is 5.23. The molecule has 0 amide bonds. The van der Waals surface area contributed by atoms with Crippen LogP contribution in [0.3, 0.4) is 0 Å². The Hall–Kier alpha value is -1.91. The summed E-state index contributed by atoms with van der Waals surface area (Å²) >= 11 is 0. The summed E-state index contributed by atoms with van der Waals surface area (Å²) in [6.45, 7) is 0.279. The molecule has 1 aromatic carbocycles. The lowest BCUT2D eigenvalue weighted by atomic mass is 10.0. The molecule has 1 aromatic heterocycles. The van der Waals surface area contributed by atoms with E-state index in [-0.39, 0.29) is 13.1 Å². The molecule has 0 bridgehead atoms. The highest BCUT2D eigenvalue weighted by molar-refractivity contribution is 7.86. The highest BCUT2D eigenvalue weighted by Gasteiger charge is 2.31. The monoisotopic (exact) mass is 346 g/mol. The lowest BCUT2D eigenvalue weighted by molar-refractivity contribution is -0.137. The first-order valence-electron chi connectivity index (χ1n) is 6.68. The Kier molecular flexibility index (Phi) is 3.69. The maximum Gasteiger partial charge on any atom is 0.416 e. The molecule has 2 heterocycles. The van der Waals surface area contributed by atoms with Crippen molar-refractivity contribution in [3.63, 3.8) is 0 Å². The van der Waals surface area contributed by atoms with Crippen molar-refractivity contribution in [1.82, 2.24) is 14.5 Å². The van der Waals surface area contributed by atoms with Gasteiger partial charge in [0.25, 0.3) is 10.2 Å². The number of nitrogens with one attached hydrogen (secondary N) is 1. The van der Waals surface area contributed by atoms with E-state index < -0.39 is 21.9 Å². The zero-order valence-electron chi connectivity index (χ0n) is 11.8. The summed E-state index contributed by atoms with van der Waals surface area (Å²) in [5, 5.41) is 12.0. The largest absolute Gasteiger partial charge is 0.416 e. The van der Waals surface area contributed by atoms with Crippen LogP contribution in [-0.2, 0) is 29.4 Å². The fourth-order valence-electron chi connectivity index (χ4n) is 2.54. The van der Waals surface area contributed by atoms with E-state index in [0.29, 0.717) is 23.2 Å². The Labute approximate surface area is 130 Å². The molecule has 0 radical (unpaired) electrons. The van der Waals surface area contributed by atoms with E-state index in [0.717, 1.165) is 22.1 Å². The Balaban J connectivity index is 1.96. The molecule has 0 unspecified atom stereocenters. The number of nitrogens with zero attached hydrogens (tertiary/aromatic N) is 2. The molecule has 0 saturated heterocycles. The number of rotatable bonds is 2. The van der Waals surface area contributed by atoms with Crippen molar-refractivity contribution in [3.05, 3.63) is 41.1 Å². The Morgan fingerprint density at radius 2 is 1.87 bits per heavy atom. The van der Waals surface area contributed by atoms with E-state index in [2.05, 4.69) is 10.2 Å². The zero-order chi connectivity index (χ0) is 16.8. The van der Waals surface area contributed by atoms with Crippen molar-refractivity contribution < 1.29 is 21.6 Å². The smallest absolute Gasteiger partial charge is 0.282 e. The van der Waals surface area contributed by atoms with Gasteiger partial charge in [0.05, 0.1) is 11.3 Å². The quantitative estimate of drug-likeness (QED) is 0.866. The summed E-state index contributed by atoms with van der Waals surface area (Å²) in [5.74, 6) is 0. The highest BCUT2D eigenvalue weighted by atomic mass is 32.2. The molecule has 0 saturated carbocycles. The number of hydrogen-bond acceptors (Lipinski definition) is 3. The van der Waals surface area contributed by atoms with Crippen LogP contribution in [0.1, 0.15) is 16.8 Å². The molecular formula is C13H13F3N4O2S. The van der Waals surface area contributed by atoms with Gasteiger partial charge in [-0.2, -0.15) is 31.0 Å². The van der Waals surface area contributed by atoms with Gasteiger partial charge in [0.15, 0.2) is 0 Å². The number of H-pyrrole nitrogens is 1. The molecule has 1 aliphatic rings. The van der Waals surface area contributed by atoms with Gasteiger partial charge in [0.1, 0.15) is 0 Å². The van der Waals surface area contributed by atoms with Gasteiger partial charge in [0, 0.05) is 36.3 Å². The summed E-state index contributed by atoms with van der Waals surface area (Å²) < 4.78 is 61.9. The molecular weight excluding hydrogens is 333 g/mol. The van der Waals surface area contributed by atoms with Crippen LogP contribution in [-0.4, -0.2) is 29.5 Å². The van der Waals surface area contributed by atoms with Gasteiger partial charge in [-0.1, -0.05) is 12.1 Å². The molecule has 2 aromatic rings. The van der Waals surface area contributed by atoms with Crippen molar-refractivity contribution in [1.29, 1.82) is 0 Å². The van der Waals surface area contributed by atoms with Crippen LogP contribution in [0.5, 0.6) is 0 Å². The van der Waals surface area contributed by atoms with Gasteiger partial charge < -0.3 is 0 Å². The van der Waals surface area contributed by atoms with Gasteiger partial charge in [-0.15, -0.1) is 0 Å². The normalized spacial score (nSPS) is 16.3. The number of hydrogen-bond donors (Lipinski definition) is 2. The molecule has 3 N–H and O–H groups in total. The van der Waals surface area contributed by atoms with Crippen LogP contribution in [0.4, 0.5) is 13.2 Å². The van der Waals surface area contributed by atoms with Crippen molar-refractivity contribution in [3.8, 4) is 11.3 Å². The maximum absolute atomic E-state index is 12.6. The van der Waals surface area contributed by atoms with E-state index >= 15 is 0 Å². The van der Waals surface area contributed by atoms with Crippen LogP contribution in [0.25, 0.3) is 11.3 Å². The summed E-state index contributed by atoms with van der Waals surface area (Å²) in [4.78, 5) is 0. The molecule has 0 fully saturated rings. The Bertz CT molecular complexity index is 828. The summed E-state index contributed by atoms with van der Waals surface area (Å²) in [6.07, 6.45) is -3.99. The summed E-state index contributed by atoms with van der Waals surface area (Å²) in [5.41, 5.74) is 1.55. The predicted octanol–water partition coefficient (Wildman–Crippen LogP) is 1.66. The number of halogens is 3. The van der Waals surface area contributed by atoms with Gasteiger partial charge in [0.2, 0.25) is 0 Å². The van der Waals surface area contributed by atoms with Crippen LogP contribution < -0.4 is 5.14 Å². The highest BCUT2D eigenvalue weighted by Crippen LogP contribution is 2.33. The SMILES string of the molecule is NS(=O)(=O)N1CCc2[nH]nc(-c3ccc(C(F)(F)F)cc3)c2C1. The molecule has 10 heteroatoms. The first kappa shape index (κ1) is 16.0. The zero-order valence-corrected chi connectivity index (χ0v) is 12.6. The minimum Gasteiger partial charge on any atom is -0.282 e. The first-order chi connectivity index (χ1) is 10.7. The summed E-state index contributed by atoms with van der Waals surface area (Å²) in [6, 6.07) is 4.57. The molecule has 124 valence electrons. The fourth-order valence-corrected chi connectivity index (χ4v) is 3.20. The van der Waals surface area contributed by atoms with Crippen molar-refractivity contribution in [2.75, 3.05) is 6.54 Å². The predicted molar refractivity (Wildman–Crippen MR) is 76.2 cm³/mol. The topological polar surface area (TPSA) is 92.1 Å². The number of aromatic nitrogens is 2. The Morgan fingerprint density at radius 1 is 1.22 bits per heavy atom. The standard InChI is InChI=1S/C13H13F3N4O2S/c14-13(15,16)9-3-1-8(2-4-9)12-10-7-20(23(17,21)22)6-5-11(10)18-19-12/h1-4H,5-7H2,(H,18,19)(H2,17,21,22). The lowest BCUT2D eigenvalue weighted by Crippen LogP contribution is -2.40. The summed E-state index contributed by atoms with van der Waals surface area (Å²) in [7, 11) is -3.83.